The summed E-state index contributed by atoms with van der Waals surface area (Å²) in [6.07, 6.45) is 1.13. The van der Waals surface area contributed by atoms with Crippen LogP contribution in [0.25, 0.3) is 0 Å². The molecule has 2 nitrogen and oxygen atoms in total. The molecule has 0 aliphatic carbocycles. The minimum absolute atomic E-state index is 0.169. The maximum atomic E-state index is 5.62. The van der Waals surface area contributed by atoms with Gasteiger partial charge in [0, 0.05) is 12.7 Å². The summed E-state index contributed by atoms with van der Waals surface area (Å²) in [6, 6.07) is 7.89. The van der Waals surface area contributed by atoms with Crippen LogP contribution in [-0.4, -0.2) is 18.2 Å². The Morgan fingerprint density at radius 1 is 1.47 bits per heavy atom. The summed E-state index contributed by atoms with van der Waals surface area (Å²) in [4.78, 5) is 0. The van der Waals surface area contributed by atoms with Gasteiger partial charge in [-0.3, -0.25) is 0 Å². The summed E-state index contributed by atoms with van der Waals surface area (Å²) < 4.78 is 5.62. The molecule has 0 saturated heterocycles. The van der Waals surface area contributed by atoms with E-state index in [1.165, 1.54) is 0 Å². The first kappa shape index (κ1) is 12.0. The van der Waals surface area contributed by atoms with E-state index in [2.05, 4.69) is 12.2 Å². The van der Waals surface area contributed by atoms with Gasteiger partial charge in [-0.25, -0.2) is 0 Å². The topological polar surface area (TPSA) is 21.3 Å². The van der Waals surface area contributed by atoms with Gasteiger partial charge in [-0.2, -0.15) is 0 Å². The summed E-state index contributed by atoms with van der Waals surface area (Å²) >= 11 is 5.25. The number of nitrogens with one attached hydrogen (secondary N) is 1. The monoisotopic (exact) mass is 223 g/mol. The van der Waals surface area contributed by atoms with Crippen LogP contribution in [0.3, 0.4) is 0 Å². The molecule has 1 aromatic rings. The number of hydrogen-bond acceptors (Lipinski definition) is 3. The van der Waals surface area contributed by atoms with Gasteiger partial charge >= 0.3 is 0 Å². The van der Waals surface area contributed by atoms with E-state index < -0.39 is 0 Å². The highest BCUT2D eigenvalue weighted by molar-refractivity contribution is 7.80. The predicted molar refractivity (Wildman–Crippen MR) is 68.5 cm³/mol. The Balaban J connectivity index is 2.81. The lowest BCUT2D eigenvalue weighted by atomic mass is 10.2. The molecule has 1 unspecified atom stereocenters. The van der Waals surface area contributed by atoms with Gasteiger partial charge in [0.05, 0.1) is 11.7 Å². The van der Waals surface area contributed by atoms with Crippen LogP contribution in [0.15, 0.2) is 24.3 Å². The predicted octanol–water partition coefficient (Wildman–Crippen LogP) is 3.22. The largest absolute Gasteiger partial charge is 0.480 e. The van der Waals surface area contributed by atoms with Crippen LogP contribution in [0.5, 0.6) is 0 Å². The Bertz CT molecular complexity index is 338. The van der Waals surface area contributed by atoms with Crippen molar-refractivity contribution in [3.05, 3.63) is 29.8 Å². The zero-order valence-electron chi connectivity index (χ0n) is 9.41. The van der Waals surface area contributed by atoms with Crippen molar-refractivity contribution in [1.82, 2.24) is 0 Å². The van der Waals surface area contributed by atoms with E-state index in [1.807, 2.05) is 38.2 Å². The first-order valence-corrected chi connectivity index (χ1v) is 5.57. The van der Waals surface area contributed by atoms with E-state index in [9.17, 15) is 0 Å². The minimum atomic E-state index is 0.169. The first-order chi connectivity index (χ1) is 7.19. The maximum Gasteiger partial charge on any atom is 0.193 e. The van der Waals surface area contributed by atoms with Gasteiger partial charge in [-0.15, -0.1) is 0 Å². The van der Waals surface area contributed by atoms with E-state index in [1.54, 1.807) is 0 Å². The zero-order valence-corrected chi connectivity index (χ0v) is 10.2. The van der Waals surface area contributed by atoms with E-state index >= 15 is 0 Å². The molecule has 0 aromatic heterocycles. The third-order valence-electron chi connectivity index (χ3n) is 2.30. The normalized spacial score (nSPS) is 11.9. The molecule has 1 atom stereocenters. The first-order valence-electron chi connectivity index (χ1n) is 5.16. The number of rotatable bonds is 4. The molecule has 1 rings (SSSR count). The van der Waals surface area contributed by atoms with Crippen molar-refractivity contribution in [3.63, 3.8) is 0 Å². The Kier molecular flexibility index (Phi) is 4.56. The zero-order chi connectivity index (χ0) is 11.3. The van der Waals surface area contributed by atoms with Gasteiger partial charge < -0.3 is 10.1 Å². The summed E-state index contributed by atoms with van der Waals surface area (Å²) in [5.41, 5.74) is 1.96. The minimum Gasteiger partial charge on any atom is -0.480 e. The number of benzene rings is 1. The fraction of sp³-hybridized carbons (Fsp3) is 0.417. The lowest BCUT2D eigenvalue weighted by Gasteiger charge is -2.15. The molecule has 0 aliphatic rings. The van der Waals surface area contributed by atoms with Crippen LogP contribution in [0.4, 0.5) is 5.69 Å². The highest BCUT2D eigenvalue weighted by Crippen LogP contribution is 2.17. The van der Waals surface area contributed by atoms with E-state index in [0.717, 1.165) is 17.7 Å². The average molecular weight is 223 g/mol. The quantitative estimate of drug-likeness (QED) is 0.792. The van der Waals surface area contributed by atoms with Crippen molar-refractivity contribution in [2.75, 3.05) is 12.4 Å². The highest BCUT2D eigenvalue weighted by Gasteiger charge is 2.09. The number of para-hydroxylation sites is 1. The lowest BCUT2D eigenvalue weighted by Crippen LogP contribution is -2.14. The van der Waals surface area contributed by atoms with Crippen LogP contribution in [0.1, 0.15) is 25.8 Å². The molecule has 0 spiro atoms. The van der Waals surface area contributed by atoms with E-state index in [4.69, 9.17) is 17.0 Å². The molecule has 82 valence electrons. The lowest BCUT2D eigenvalue weighted by molar-refractivity contribution is 0.211. The third kappa shape index (κ3) is 3.20. The molecule has 0 fully saturated rings. The fourth-order valence-electron chi connectivity index (χ4n) is 1.21. The summed E-state index contributed by atoms with van der Waals surface area (Å²) in [7, 11) is 1.88. The molecule has 1 N–H and O–H groups in total. The molecule has 0 amide bonds. The Morgan fingerprint density at radius 3 is 2.73 bits per heavy atom. The summed E-state index contributed by atoms with van der Waals surface area (Å²) in [5, 5.41) is 3.66. The number of ether oxygens (including phenoxy) is 1. The second kappa shape index (κ2) is 5.71. The van der Waals surface area contributed by atoms with Gasteiger partial charge in [0.1, 0.15) is 0 Å². The maximum absolute atomic E-state index is 5.62. The second-order valence-corrected chi connectivity index (χ2v) is 3.79. The second-order valence-electron chi connectivity index (χ2n) is 3.42. The van der Waals surface area contributed by atoms with Gasteiger partial charge in [-0.1, -0.05) is 19.1 Å². The Morgan fingerprint density at radius 2 is 2.13 bits per heavy atom. The Labute approximate surface area is 96.6 Å². The van der Waals surface area contributed by atoms with Crippen LogP contribution < -0.4 is 5.32 Å². The molecular weight excluding hydrogens is 206 g/mol. The molecule has 0 heterocycles. The molecule has 0 aliphatic heterocycles. The standard InChI is InChI=1S/C12H17NOS/c1-4-9(2)14-12(15)10-7-5-6-8-11(10)13-3/h5-9,13H,4H2,1-3H3. The van der Waals surface area contributed by atoms with Gasteiger partial charge in [0.15, 0.2) is 5.05 Å². The molecule has 0 radical (unpaired) electrons. The van der Waals surface area contributed by atoms with E-state index in [-0.39, 0.29) is 6.10 Å². The SMILES string of the molecule is CCC(C)OC(=S)c1ccccc1NC. The third-order valence-corrected chi connectivity index (χ3v) is 2.62. The molecular formula is C12H17NOS. The smallest absolute Gasteiger partial charge is 0.193 e. The number of hydrogen-bond donors (Lipinski definition) is 1. The molecule has 1 aromatic carbocycles. The van der Waals surface area contributed by atoms with Crippen molar-refractivity contribution in [2.24, 2.45) is 0 Å². The molecule has 3 heteroatoms. The van der Waals surface area contributed by atoms with Crippen molar-refractivity contribution >= 4 is 23.0 Å². The highest BCUT2D eigenvalue weighted by atomic mass is 32.1. The molecule has 0 saturated carbocycles. The van der Waals surface area contributed by atoms with Crippen LogP contribution in [0, 0.1) is 0 Å². The Hall–Kier alpha value is -1.09. The van der Waals surface area contributed by atoms with Gasteiger partial charge in [0.25, 0.3) is 0 Å². The van der Waals surface area contributed by atoms with Gasteiger partial charge in [-0.05, 0) is 37.7 Å². The van der Waals surface area contributed by atoms with Crippen LogP contribution in [0.2, 0.25) is 0 Å². The van der Waals surface area contributed by atoms with Gasteiger partial charge in [0.2, 0.25) is 0 Å². The van der Waals surface area contributed by atoms with Crippen LogP contribution in [-0.2, 0) is 4.74 Å². The fourth-order valence-corrected chi connectivity index (χ4v) is 1.55. The van der Waals surface area contributed by atoms with Crippen molar-refractivity contribution in [2.45, 2.75) is 26.4 Å². The van der Waals surface area contributed by atoms with E-state index in [0.29, 0.717) is 5.05 Å². The van der Waals surface area contributed by atoms with Crippen molar-refractivity contribution in [3.8, 4) is 0 Å². The van der Waals surface area contributed by atoms with Crippen molar-refractivity contribution in [1.29, 1.82) is 0 Å². The summed E-state index contributed by atoms with van der Waals surface area (Å²) in [6.45, 7) is 4.10. The van der Waals surface area contributed by atoms with Crippen molar-refractivity contribution < 1.29 is 4.74 Å². The summed E-state index contributed by atoms with van der Waals surface area (Å²) in [5.74, 6) is 0. The number of anilines is 1. The molecule has 15 heavy (non-hydrogen) atoms. The molecule has 0 bridgehead atoms. The van der Waals surface area contributed by atoms with Crippen LogP contribution >= 0.6 is 12.2 Å². The average Bonchev–Trinajstić information content (AvgIpc) is 2.28. The number of thiocarbonyl (C=S) groups is 1.